The molecule has 0 aromatic heterocycles. The average Bonchev–Trinajstić information content (AvgIpc) is 3.31. The summed E-state index contributed by atoms with van der Waals surface area (Å²) in [7, 11) is 0. The quantitative estimate of drug-likeness (QED) is 0.689. The Kier molecular flexibility index (Phi) is 8.62. The normalized spacial score (nSPS) is 18.4. The molecule has 0 aliphatic carbocycles. The molecule has 1 N–H and O–H groups in total. The molecule has 1 aromatic carbocycles. The number of hydrogen-bond acceptors (Lipinski definition) is 4. The highest BCUT2D eigenvalue weighted by atomic mass is 16.5. The largest absolute Gasteiger partial charge is 0.492 e. The van der Waals surface area contributed by atoms with Crippen LogP contribution in [0.1, 0.15) is 45.1 Å². The van der Waals surface area contributed by atoms with Gasteiger partial charge in [-0.3, -0.25) is 0 Å². The van der Waals surface area contributed by atoms with E-state index in [0.29, 0.717) is 19.2 Å². The van der Waals surface area contributed by atoms with Crippen LogP contribution < -0.4 is 10.1 Å². The Hall–Kier alpha value is -1.79. The van der Waals surface area contributed by atoms with Gasteiger partial charge in [-0.15, -0.1) is 0 Å². The molecule has 2 amide bonds. The van der Waals surface area contributed by atoms with Crippen molar-refractivity contribution in [2.75, 3.05) is 52.4 Å². The van der Waals surface area contributed by atoms with Crippen LogP contribution >= 0.6 is 0 Å². The van der Waals surface area contributed by atoms with Gasteiger partial charge in [0.05, 0.1) is 0 Å². The number of hydrogen-bond donors (Lipinski definition) is 1. The van der Waals surface area contributed by atoms with E-state index in [0.717, 1.165) is 56.9 Å². The fourth-order valence-corrected chi connectivity index (χ4v) is 4.37. The molecule has 2 fully saturated rings. The Morgan fingerprint density at radius 3 is 2.34 bits per heavy atom. The van der Waals surface area contributed by atoms with Crippen LogP contribution in [0.25, 0.3) is 0 Å². The highest BCUT2D eigenvalue weighted by Crippen LogP contribution is 2.21. The lowest BCUT2D eigenvalue weighted by atomic mass is 10.0. The first-order valence-corrected chi connectivity index (χ1v) is 11.4. The number of amides is 2. The van der Waals surface area contributed by atoms with Crippen LogP contribution in [0.3, 0.4) is 0 Å². The van der Waals surface area contributed by atoms with Gasteiger partial charge in [0.25, 0.3) is 0 Å². The summed E-state index contributed by atoms with van der Waals surface area (Å²) in [6, 6.07) is 8.79. The lowest BCUT2D eigenvalue weighted by Gasteiger charge is -2.36. The maximum Gasteiger partial charge on any atom is 0.317 e. The maximum absolute atomic E-state index is 12.5. The van der Waals surface area contributed by atoms with Crippen LogP contribution in [-0.4, -0.2) is 79.2 Å². The van der Waals surface area contributed by atoms with E-state index in [1.54, 1.807) is 0 Å². The van der Waals surface area contributed by atoms with Gasteiger partial charge in [0, 0.05) is 32.2 Å². The van der Waals surface area contributed by atoms with Gasteiger partial charge in [-0.05, 0) is 69.6 Å². The van der Waals surface area contributed by atoms with E-state index >= 15 is 0 Å². The highest BCUT2D eigenvalue weighted by Gasteiger charge is 2.28. The number of likely N-dealkylation sites (N-methyl/N-ethyl adjacent to an activating group) is 1. The smallest absolute Gasteiger partial charge is 0.317 e. The van der Waals surface area contributed by atoms with Crippen molar-refractivity contribution in [3.63, 3.8) is 0 Å². The number of nitrogens with zero attached hydrogens (tertiary/aromatic N) is 3. The van der Waals surface area contributed by atoms with Crippen molar-refractivity contribution in [3.05, 3.63) is 29.8 Å². The molecule has 29 heavy (non-hydrogen) atoms. The summed E-state index contributed by atoms with van der Waals surface area (Å²) in [4.78, 5) is 19.4. The molecular formula is C23H38N4O2. The van der Waals surface area contributed by atoms with Crippen molar-refractivity contribution in [3.8, 4) is 5.75 Å². The van der Waals surface area contributed by atoms with E-state index in [2.05, 4.69) is 29.0 Å². The van der Waals surface area contributed by atoms with Crippen molar-refractivity contribution >= 4 is 6.03 Å². The summed E-state index contributed by atoms with van der Waals surface area (Å²) in [6.07, 6.45) is 4.88. The van der Waals surface area contributed by atoms with Gasteiger partial charge in [-0.1, -0.05) is 26.0 Å². The van der Waals surface area contributed by atoms with E-state index in [4.69, 9.17) is 4.74 Å². The highest BCUT2D eigenvalue weighted by molar-refractivity contribution is 5.74. The van der Waals surface area contributed by atoms with E-state index in [9.17, 15) is 4.79 Å². The molecule has 0 radical (unpaired) electrons. The summed E-state index contributed by atoms with van der Waals surface area (Å²) in [5.74, 6) is 0.885. The Morgan fingerprint density at radius 1 is 1.07 bits per heavy atom. The third-order valence-corrected chi connectivity index (χ3v) is 6.35. The molecule has 2 aliphatic heterocycles. The van der Waals surface area contributed by atoms with Crippen molar-refractivity contribution in [1.82, 2.24) is 20.0 Å². The van der Waals surface area contributed by atoms with Gasteiger partial charge in [-0.2, -0.15) is 0 Å². The molecule has 2 saturated heterocycles. The molecule has 1 aromatic rings. The fraction of sp³-hybridized carbons (Fsp3) is 0.696. The SMILES string of the molecule is CCN(CC)CCOc1ccc(CNC(=O)N2CCC(N3CCCC3)CC2)cc1. The van der Waals surface area contributed by atoms with Crippen LogP contribution in [0.15, 0.2) is 24.3 Å². The molecule has 0 atom stereocenters. The van der Waals surface area contributed by atoms with E-state index in [-0.39, 0.29) is 6.03 Å². The standard InChI is InChI=1S/C23H38N4O2/c1-3-25(4-2)17-18-29-22-9-7-20(8-10-22)19-24-23(28)27-15-11-21(12-16-27)26-13-5-6-14-26/h7-10,21H,3-6,11-19H2,1-2H3,(H,24,28). The number of urea groups is 1. The first-order valence-electron chi connectivity index (χ1n) is 11.4. The summed E-state index contributed by atoms with van der Waals surface area (Å²) >= 11 is 0. The van der Waals surface area contributed by atoms with Crippen LogP contribution in [0, 0.1) is 0 Å². The van der Waals surface area contributed by atoms with Crippen molar-refractivity contribution in [2.45, 2.75) is 52.1 Å². The predicted octanol–water partition coefficient (Wildman–Crippen LogP) is 3.18. The number of rotatable bonds is 9. The van der Waals surface area contributed by atoms with Crippen LogP contribution in [-0.2, 0) is 6.54 Å². The molecule has 3 rings (SSSR count). The summed E-state index contributed by atoms with van der Waals surface area (Å²) in [6.45, 7) is 12.9. The molecule has 0 spiro atoms. The second-order valence-electron chi connectivity index (χ2n) is 8.14. The molecule has 0 saturated carbocycles. The lowest BCUT2D eigenvalue weighted by molar-refractivity contribution is 0.134. The van der Waals surface area contributed by atoms with Gasteiger partial charge < -0.3 is 24.8 Å². The monoisotopic (exact) mass is 402 g/mol. The third kappa shape index (κ3) is 6.61. The molecule has 162 valence electrons. The predicted molar refractivity (Wildman–Crippen MR) is 117 cm³/mol. The molecule has 2 heterocycles. The fourth-order valence-electron chi connectivity index (χ4n) is 4.37. The zero-order chi connectivity index (χ0) is 20.5. The topological polar surface area (TPSA) is 48.1 Å². The number of benzene rings is 1. The number of nitrogens with one attached hydrogen (secondary N) is 1. The first-order chi connectivity index (χ1) is 14.2. The molecule has 6 heteroatoms. The summed E-state index contributed by atoms with van der Waals surface area (Å²) < 4.78 is 5.83. The zero-order valence-electron chi connectivity index (χ0n) is 18.2. The van der Waals surface area contributed by atoms with Crippen LogP contribution in [0.5, 0.6) is 5.75 Å². The van der Waals surface area contributed by atoms with Crippen LogP contribution in [0.2, 0.25) is 0 Å². The third-order valence-electron chi connectivity index (χ3n) is 6.35. The number of carbonyl (C=O) groups excluding carboxylic acids is 1. The summed E-state index contributed by atoms with van der Waals surface area (Å²) in [5.41, 5.74) is 1.10. The number of piperidine rings is 1. The average molecular weight is 403 g/mol. The molecule has 0 bridgehead atoms. The van der Waals surface area contributed by atoms with Gasteiger partial charge in [0.1, 0.15) is 12.4 Å². The second kappa shape index (κ2) is 11.4. The molecule has 0 unspecified atom stereocenters. The van der Waals surface area contributed by atoms with Crippen molar-refractivity contribution < 1.29 is 9.53 Å². The molecule has 6 nitrogen and oxygen atoms in total. The Balaban J connectivity index is 1.35. The molecule has 2 aliphatic rings. The first kappa shape index (κ1) is 21.9. The minimum atomic E-state index is 0.0596. The van der Waals surface area contributed by atoms with E-state index in [1.165, 1.54) is 25.9 Å². The number of carbonyl (C=O) groups is 1. The molecular weight excluding hydrogens is 364 g/mol. The van der Waals surface area contributed by atoms with Gasteiger partial charge in [0.2, 0.25) is 0 Å². The van der Waals surface area contributed by atoms with Gasteiger partial charge in [-0.25, -0.2) is 4.79 Å². The van der Waals surface area contributed by atoms with Crippen LogP contribution in [0.4, 0.5) is 4.79 Å². The Morgan fingerprint density at radius 2 is 1.72 bits per heavy atom. The maximum atomic E-state index is 12.5. The van der Waals surface area contributed by atoms with Gasteiger partial charge >= 0.3 is 6.03 Å². The number of ether oxygens (including phenoxy) is 1. The lowest BCUT2D eigenvalue weighted by Crippen LogP contribution is -2.48. The van der Waals surface area contributed by atoms with Crippen molar-refractivity contribution in [2.24, 2.45) is 0 Å². The van der Waals surface area contributed by atoms with Gasteiger partial charge in [0.15, 0.2) is 0 Å². The minimum absolute atomic E-state index is 0.0596. The Bertz CT molecular complexity index is 604. The summed E-state index contributed by atoms with van der Waals surface area (Å²) in [5, 5.41) is 3.07. The van der Waals surface area contributed by atoms with Crippen molar-refractivity contribution in [1.29, 1.82) is 0 Å². The Labute approximate surface area is 176 Å². The minimum Gasteiger partial charge on any atom is -0.492 e. The second-order valence-corrected chi connectivity index (χ2v) is 8.14. The van der Waals surface area contributed by atoms with E-state index in [1.807, 2.05) is 29.2 Å². The number of likely N-dealkylation sites (tertiary alicyclic amines) is 2. The van der Waals surface area contributed by atoms with E-state index < -0.39 is 0 Å². The zero-order valence-corrected chi connectivity index (χ0v) is 18.2.